The van der Waals surface area contributed by atoms with Gasteiger partial charge < -0.3 is 4.74 Å². The summed E-state index contributed by atoms with van der Waals surface area (Å²) < 4.78 is 7.32. The van der Waals surface area contributed by atoms with Crippen molar-refractivity contribution in [2.45, 2.75) is 6.54 Å². The van der Waals surface area contributed by atoms with Gasteiger partial charge in [0.15, 0.2) is 0 Å². The van der Waals surface area contributed by atoms with E-state index in [2.05, 4.69) is 4.74 Å². The molecule has 6 nitrogen and oxygen atoms in total. The van der Waals surface area contributed by atoms with Crippen molar-refractivity contribution in [3.05, 3.63) is 80.5 Å². The van der Waals surface area contributed by atoms with Gasteiger partial charge in [0.1, 0.15) is 0 Å². The van der Waals surface area contributed by atoms with Gasteiger partial charge >= 0.3 is 11.7 Å². The highest BCUT2D eigenvalue weighted by Gasteiger charge is 2.11. The van der Waals surface area contributed by atoms with E-state index < -0.39 is 5.97 Å². The number of hydrogen-bond donors (Lipinski definition) is 0. The highest BCUT2D eigenvalue weighted by molar-refractivity contribution is 5.89. The average Bonchev–Trinajstić information content (AvgIpc) is 2.63. The maximum absolute atomic E-state index is 12.5. The van der Waals surface area contributed by atoms with E-state index in [-0.39, 0.29) is 11.2 Å². The highest BCUT2D eigenvalue weighted by atomic mass is 16.5. The standard InChI is InChI=1S/C18H16N2O4/c1-19-16(21)14-5-3-4-6-15(14)20(18(19)23)11-12-7-9-13(10-8-12)17(22)24-2/h3-10H,11H2,1-2H3. The molecular formula is C18H16N2O4. The molecule has 0 radical (unpaired) electrons. The van der Waals surface area contributed by atoms with Crippen molar-refractivity contribution in [2.24, 2.45) is 7.05 Å². The van der Waals surface area contributed by atoms with Crippen LogP contribution in [0.15, 0.2) is 58.1 Å². The Bertz CT molecular complexity index is 1030. The van der Waals surface area contributed by atoms with Gasteiger partial charge in [-0.1, -0.05) is 24.3 Å². The van der Waals surface area contributed by atoms with Gasteiger partial charge in [-0.15, -0.1) is 0 Å². The Morgan fingerprint density at radius 3 is 2.38 bits per heavy atom. The van der Waals surface area contributed by atoms with Gasteiger partial charge in [-0.3, -0.25) is 13.9 Å². The zero-order valence-electron chi connectivity index (χ0n) is 13.4. The van der Waals surface area contributed by atoms with Crippen molar-refractivity contribution >= 4 is 16.9 Å². The fourth-order valence-electron chi connectivity index (χ4n) is 2.64. The molecule has 0 N–H and O–H groups in total. The Kier molecular flexibility index (Phi) is 4.04. The van der Waals surface area contributed by atoms with Gasteiger partial charge in [0.05, 0.1) is 30.1 Å². The number of ether oxygens (including phenoxy) is 1. The number of benzene rings is 2. The molecule has 0 saturated carbocycles. The van der Waals surface area contributed by atoms with Gasteiger partial charge in [-0.25, -0.2) is 9.59 Å². The lowest BCUT2D eigenvalue weighted by Crippen LogP contribution is -2.38. The summed E-state index contributed by atoms with van der Waals surface area (Å²) in [6.07, 6.45) is 0. The second-order valence-electron chi connectivity index (χ2n) is 5.44. The van der Waals surface area contributed by atoms with Crippen LogP contribution in [0, 0.1) is 0 Å². The normalized spacial score (nSPS) is 10.8. The molecule has 0 fully saturated rings. The van der Waals surface area contributed by atoms with Gasteiger partial charge in [0.2, 0.25) is 0 Å². The molecule has 122 valence electrons. The van der Waals surface area contributed by atoms with Gasteiger partial charge in [0, 0.05) is 7.05 Å². The minimum Gasteiger partial charge on any atom is -0.465 e. The van der Waals surface area contributed by atoms with E-state index in [0.29, 0.717) is 23.0 Å². The molecule has 0 amide bonds. The number of rotatable bonds is 3. The number of carbonyl (C=O) groups excluding carboxylic acids is 1. The van der Waals surface area contributed by atoms with Gasteiger partial charge in [-0.05, 0) is 29.8 Å². The van der Waals surface area contributed by atoms with E-state index in [1.165, 1.54) is 14.2 Å². The van der Waals surface area contributed by atoms with Crippen molar-refractivity contribution in [1.29, 1.82) is 0 Å². The molecule has 0 bridgehead atoms. The van der Waals surface area contributed by atoms with Crippen molar-refractivity contribution in [3.63, 3.8) is 0 Å². The third-order valence-corrected chi connectivity index (χ3v) is 3.96. The average molecular weight is 324 g/mol. The fraction of sp³-hybridized carbons (Fsp3) is 0.167. The summed E-state index contributed by atoms with van der Waals surface area (Å²) >= 11 is 0. The predicted molar refractivity (Wildman–Crippen MR) is 90.3 cm³/mol. The minimum absolute atomic E-state index is 0.301. The van der Waals surface area contributed by atoms with Crippen molar-refractivity contribution in [2.75, 3.05) is 7.11 Å². The van der Waals surface area contributed by atoms with E-state index in [9.17, 15) is 14.4 Å². The lowest BCUT2D eigenvalue weighted by atomic mass is 10.1. The molecule has 0 aliphatic rings. The van der Waals surface area contributed by atoms with E-state index in [1.807, 2.05) is 0 Å². The number of methoxy groups -OCH3 is 1. The first-order valence-electron chi connectivity index (χ1n) is 7.38. The van der Waals surface area contributed by atoms with Crippen LogP contribution in [0.25, 0.3) is 10.9 Å². The Labute approximate surface area is 137 Å². The number of aromatic nitrogens is 2. The predicted octanol–water partition coefficient (Wildman–Crippen LogP) is 1.54. The zero-order valence-corrected chi connectivity index (χ0v) is 13.4. The van der Waals surface area contributed by atoms with Crippen LogP contribution in [0.3, 0.4) is 0 Å². The van der Waals surface area contributed by atoms with Crippen LogP contribution in [0.5, 0.6) is 0 Å². The Morgan fingerprint density at radius 2 is 1.71 bits per heavy atom. The largest absolute Gasteiger partial charge is 0.465 e. The lowest BCUT2D eigenvalue weighted by molar-refractivity contribution is 0.0600. The van der Waals surface area contributed by atoms with E-state index in [4.69, 9.17) is 0 Å². The molecular weight excluding hydrogens is 308 g/mol. The quantitative estimate of drug-likeness (QED) is 0.685. The van der Waals surface area contributed by atoms with E-state index in [0.717, 1.165) is 10.1 Å². The van der Waals surface area contributed by atoms with E-state index in [1.54, 1.807) is 53.1 Å². The maximum atomic E-state index is 12.5. The summed E-state index contributed by atoms with van der Waals surface area (Å²) in [7, 11) is 2.79. The van der Waals surface area contributed by atoms with Crippen LogP contribution in [0.1, 0.15) is 15.9 Å². The second-order valence-corrected chi connectivity index (χ2v) is 5.44. The number of esters is 1. The summed E-state index contributed by atoms with van der Waals surface area (Å²) in [5.41, 5.74) is 1.18. The number of para-hydroxylation sites is 1. The molecule has 3 rings (SSSR count). The van der Waals surface area contributed by atoms with Gasteiger partial charge in [-0.2, -0.15) is 0 Å². The lowest BCUT2D eigenvalue weighted by Gasteiger charge is -2.12. The Balaban J connectivity index is 2.09. The Morgan fingerprint density at radius 1 is 1.04 bits per heavy atom. The maximum Gasteiger partial charge on any atom is 0.337 e. The van der Waals surface area contributed by atoms with Crippen molar-refractivity contribution in [3.8, 4) is 0 Å². The summed E-state index contributed by atoms with van der Waals surface area (Å²) in [4.78, 5) is 36.2. The van der Waals surface area contributed by atoms with Crippen molar-refractivity contribution < 1.29 is 9.53 Å². The van der Waals surface area contributed by atoms with Crippen LogP contribution in [0.2, 0.25) is 0 Å². The van der Waals surface area contributed by atoms with Crippen LogP contribution in [-0.2, 0) is 18.3 Å². The molecule has 0 aliphatic carbocycles. The summed E-state index contributed by atoms with van der Waals surface area (Å²) in [5, 5.41) is 0.491. The fourth-order valence-corrected chi connectivity index (χ4v) is 2.64. The molecule has 0 spiro atoms. The monoisotopic (exact) mass is 324 g/mol. The smallest absolute Gasteiger partial charge is 0.337 e. The first-order valence-corrected chi connectivity index (χ1v) is 7.38. The second kappa shape index (κ2) is 6.16. The molecule has 0 atom stereocenters. The first kappa shape index (κ1) is 15.7. The van der Waals surface area contributed by atoms with Crippen LogP contribution in [0.4, 0.5) is 0 Å². The molecule has 0 aliphatic heterocycles. The van der Waals surface area contributed by atoms with E-state index >= 15 is 0 Å². The third kappa shape index (κ3) is 2.62. The highest BCUT2D eigenvalue weighted by Crippen LogP contribution is 2.11. The molecule has 3 aromatic rings. The number of carbonyl (C=O) groups is 1. The van der Waals surface area contributed by atoms with Crippen LogP contribution in [-0.4, -0.2) is 22.2 Å². The zero-order chi connectivity index (χ0) is 17.3. The number of nitrogens with zero attached hydrogens (tertiary/aromatic N) is 2. The molecule has 0 saturated heterocycles. The molecule has 1 heterocycles. The molecule has 24 heavy (non-hydrogen) atoms. The summed E-state index contributed by atoms with van der Waals surface area (Å²) in [5.74, 6) is -0.411. The summed E-state index contributed by atoms with van der Waals surface area (Å²) in [6.45, 7) is 0.301. The van der Waals surface area contributed by atoms with Crippen LogP contribution >= 0.6 is 0 Å². The Hall–Kier alpha value is -3.15. The molecule has 6 heteroatoms. The van der Waals surface area contributed by atoms with Crippen molar-refractivity contribution in [1.82, 2.24) is 9.13 Å². The molecule has 2 aromatic carbocycles. The third-order valence-electron chi connectivity index (χ3n) is 3.96. The topological polar surface area (TPSA) is 70.3 Å². The van der Waals surface area contributed by atoms with Crippen LogP contribution < -0.4 is 11.2 Å². The summed E-state index contributed by atoms with van der Waals surface area (Å²) in [6, 6.07) is 13.8. The molecule has 1 aromatic heterocycles. The molecule has 0 unspecified atom stereocenters. The minimum atomic E-state index is -0.411. The number of hydrogen-bond acceptors (Lipinski definition) is 4. The van der Waals surface area contributed by atoms with Gasteiger partial charge in [0.25, 0.3) is 5.56 Å². The SMILES string of the molecule is COC(=O)c1ccc(Cn2c(=O)n(C)c(=O)c3ccccc32)cc1. The number of fused-ring (bicyclic) bond motifs is 1. The first-order chi connectivity index (χ1) is 11.5.